The second-order valence-electron chi connectivity index (χ2n) is 5.39. The van der Waals surface area contributed by atoms with E-state index in [0.29, 0.717) is 18.7 Å². The number of hydroxylamine groups is 2. The van der Waals surface area contributed by atoms with Crippen molar-refractivity contribution in [2.75, 3.05) is 13.1 Å². The highest BCUT2D eigenvalue weighted by atomic mass is 16.7. The maximum atomic E-state index is 12.0. The van der Waals surface area contributed by atoms with Crippen molar-refractivity contribution >= 4 is 11.8 Å². The van der Waals surface area contributed by atoms with Gasteiger partial charge in [-0.1, -0.05) is 32.9 Å². The molecule has 0 aliphatic heterocycles. The van der Waals surface area contributed by atoms with Crippen molar-refractivity contribution in [2.24, 2.45) is 5.92 Å². The highest BCUT2D eigenvalue weighted by Gasteiger charge is 2.19. The lowest BCUT2D eigenvalue weighted by molar-refractivity contribution is -0.123. The van der Waals surface area contributed by atoms with Crippen LogP contribution in [0.2, 0.25) is 0 Å². The van der Waals surface area contributed by atoms with Crippen LogP contribution >= 0.6 is 0 Å². The fraction of sp³-hybridized carbons (Fsp3) is 0.529. The Morgan fingerprint density at radius 3 is 2.00 bits per heavy atom. The Hall–Kier alpha value is -1.68. The number of Topliss-reactive ketones (excluding diaryl/α,β-unsaturated/α-hetero) is 1. The Morgan fingerprint density at radius 2 is 1.57 bits per heavy atom. The van der Waals surface area contributed by atoms with E-state index in [9.17, 15) is 9.59 Å². The zero-order valence-electron chi connectivity index (χ0n) is 13.6. The van der Waals surface area contributed by atoms with Crippen LogP contribution in [0, 0.1) is 5.92 Å². The van der Waals surface area contributed by atoms with E-state index in [2.05, 4.69) is 0 Å². The van der Waals surface area contributed by atoms with E-state index in [1.54, 1.807) is 17.2 Å². The number of nitrogens with zero attached hydrogens (tertiary/aromatic N) is 1. The molecule has 0 radical (unpaired) electrons. The number of benzene rings is 1. The fourth-order valence-electron chi connectivity index (χ4n) is 2.09. The monoisotopic (exact) mass is 291 g/mol. The van der Waals surface area contributed by atoms with E-state index in [-0.39, 0.29) is 23.6 Å². The smallest absolute Gasteiger partial charge is 0.357 e. The molecule has 0 fully saturated rings. The second-order valence-corrected chi connectivity index (χ2v) is 5.39. The van der Waals surface area contributed by atoms with Crippen molar-refractivity contribution in [3.63, 3.8) is 0 Å². The Morgan fingerprint density at radius 1 is 1.05 bits per heavy atom. The number of ketones is 1. The van der Waals surface area contributed by atoms with Crippen LogP contribution in [0.1, 0.15) is 56.5 Å². The molecule has 1 rings (SSSR count). The summed E-state index contributed by atoms with van der Waals surface area (Å²) in [6.45, 7) is 10.9. The van der Waals surface area contributed by atoms with Gasteiger partial charge in [0.2, 0.25) is 0 Å². The predicted molar refractivity (Wildman–Crippen MR) is 83.0 cm³/mol. The van der Waals surface area contributed by atoms with Crippen LogP contribution in [-0.2, 0) is 9.63 Å². The second kappa shape index (κ2) is 7.93. The number of carbonyl (C=O) groups excluding carboxylic acids is 2. The van der Waals surface area contributed by atoms with E-state index >= 15 is 0 Å². The molecule has 0 aromatic heterocycles. The highest BCUT2D eigenvalue weighted by molar-refractivity contribution is 5.90. The van der Waals surface area contributed by atoms with Gasteiger partial charge in [-0.3, -0.25) is 4.79 Å². The van der Waals surface area contributed by atoms with E-state index in [1.807, 2.05) is 46.8 Å². The van der Waals surface area contributed by atoms with E-state index < -0.39 is 0 Å². The van der Waals surface area contributed by atoms with Crippen molar-refractivity contribution in [2.45, 2.75) is 40.5 Å². The summed E-state index contributed by atoms with van der Waals surface area (Å²) < 4.78 is 0. The molecule has 21 heavy (non-hydrogen) atoms. The third-order valence-electron chi connectivity index (χ3n) is 3.56. The molecule has 1 atom stereocenters. The minimum absolute atomic E-state index is 0.00677. The van der Waals surface area contributed by atoms with Gasteiger partial charge < -0.3 is 4.84 Å². The van der Waals surface area contributed by atoms with Crippen molar-refractivity contribution in [1.82, 2.24) is 5.06 Å². The Bertz CT molecular complexity index is 475. The Kier molecular flexibility index (Phi) is 6.56. The van der Waals surface area contributed by atoms with Gasteiger partial charge in [-0.2, -0.15) is 0 Å². The largest absolute Gasteiger partial charge is 0.364 e. The summed E-state index contributed by atoms with van der Waals surface area (Å²) in [7, 11) is 0. The third kappa shape index (κ3) is 4.67. The first-order valence-electron chi connectivity index (χ1n) is 7.51. The first kappa shape index (κ1) is 17.4. The molecule has 1 unspecified atom stereocenters. The van der Waals surface area contributed by atoms with Crippen LogP contribution in [0.25, 0.3) is 0 Å². The first-order valence-corrected chi connectivity index (χ1v) is 7.51. The van der Waals surface area contributed by atoms with Crippen molar-refractivity contribution < 1.29 is 14.4 Å². The predicted octanol–water partition coefficient (Wildman–Crippen LogP) is 3.43. The molecule has 0 saturated heterocycles. The molecular weight excluding hydrogens is 266 g/mol. The molecule has 116 valence electrons. The molecule has 0 N–H and O–H groups in total. The minimum Gasteiger partial charge on any atom is -0.364 e. The first-order chi connectivity index (χ1) is 9.90. The van der Waals surface area contributed by atoms with Gasteiger partial charge in [0.25, 0.3) is 0 Å². The maximum absolute atomic E-state index is 12.0. The SMILES string of the molecule is CCN(CC)OC(=O)c1ccc(C(C)C(=O)C(C)C)cc1. The van der Waals surface area contributed by atoms with Gasteiger partial charge >= 0.3 is 5.97 Å². The van der Waals surface area contributed by atoms with Gasteiger partial charge in [-0.05, 0) is 31.5 Å². The molecule has 0 bridgehead atoms. The van der Waals surface area contributed by atoms with Crippen LogP contribution in [0.15, 0.2) is 24.3 Å². The quantitative estimate of drug-likeness (QED) is 0.722. The molecular formula is C17H25NO3. The average molecular weight is 291 g/mol. The summed E-state index contributed by atoms with van der Waals surface area (Å²) in [5.74, 6) is -0.313. The van der Waals surface area contributed by atoms with E-state index in [4.69, 9.17) is 4.84 Å². The molecule has 4 heteroatoms. The molecule has 0 amide bonds. The summed E-state index contributed by atoms with van der Waals surface area (Å²) in [6, 6.07) is 7.07. The number of hydrogen-bond donors (Lipinski definition) is 0. The third-order valence-corrected chi connectivity index (χ3v) is 3.56. The van der Waals surface area contributed by atoms with Crippen molar-refractivity contribution in [1.29, 1.82) is 0 Å². The van der Waals surface area contributed by atoms with Crippen LogP contribution in [0.4, 0.5) is 0 Å². The summed E-state index contributed by atoms with van der Waals surface area (Å²) in [4.78, 5) is 29.2. The van der Waals surface area contributed by atoms with Crippen LogP contribution < -0.4 is 0 Å². The van der Waals surface area contributed by atoms with Crippen LogP contribution in [0.3, 0.4) is 0 Å². The van der Waals surface area contributed by atoms with Crippen LogP contribution in [-0.4, -0.2) is 29.9 Å². The van der Waals surface area contributed by atoms with Crippen molar-refractivity contribution in [3.8, 4) is 0 Å². The molecule has 0 aliphatic carbocycles. The minimum atomic E-state index is -0.368. The normalized spacial score (nSPS) is 12.5. The zero-order chi connectivity index (χ0) is 16.0. The van der Waals surface area contributed by atoms with Gasteiger partial charge in [0.1, 0.15) is 5.78 Å². The van der Waals surface area contributed by atoms with E-state index in [1.165, 1.54) is 0 Å². The van der Waals surface area contributed by atoms with Gasteiger partial charge in [0.05, 0.1) is 5.56 Å². The Labute approximate surface area is 127 Å². The molecule has 4 nitrogen and oxygen atoms in total. The lowest BCUT2D eigenvalue weighted by Crippen LogP contribution is -2.26. The summed E-state index contributed by atoms with van der Waals surface area (Å²) in [5, 5.41) is 1.60. The summed E-state index contributed by atoms with van der Waals surface area (Å²) in [5.41, 5.74) is 1.42. The summed E-state index contributed by atoms with van der Waals surface area (Å²) in [6.07, 6.45) is 0. The topological polar surface area (TPSA) is 46.6 Å². The molecule has 0 aliphatic rings. The molecule has 1 aromatic rings. The standard InChI is InChI=1S/C17H25NO3/c1-6-18(7-2)21-17(20)15-10-8-14(9-11-15)13(5)16(19)12(3)4/h8-13H,6-7H2,1-5H3. The maximum Gasteiger partial charge on any atom is 0.357 e. The molecule has 0 spiro atoms. The van der Waals surface area contributed by atoms with E-state index in [0.717, 1.165) is 5.56 Å². The molecule has 0 heterocycles. The zero-order valence-corrected chi connectivity index (χ0v) is 13.6. The number of hydrogen-bond acceptors (Lipinski definition) is 4. The Balaban J connectivity index is 2.78. The fourth-order valence-corrected chi connectivity index (χ4v) is 2.09. The average Bonchev–Trinajstić information content (AvgIpc) is 2.50. The van der Waals surface area contributed by atoms with Gasteiger partial charge in [0, 0.05) is 24.9 Å². The lowest BCUT2D eigenvalue weighted by atomic mass is 9.90. The van der Waals surface area contributed by atoms with Crippen LogP contribution in [0.5, 0.6) is 0 Å². The van der Waals surface area contributed by atoms with Gasteiger partial charge in [0.15, 0.2) is 0 Å². The molecule has 0 saturated carbocycles. The lowest BCUT2D eigenvalue weighted by Gasteiger charge is -2.17. The molecule has 1 aromatic carbocycles. The van der Waals surface area contributed by atoms with Gasteiger partial charge in [-0.15, -0.1) is 5.06 Å². The summed E-state index contributed by atoms with van der Waals surface area (Å²) >= 11 is 0. The number of rotatable bonds is 7. The number of carbonyl (C=O) groups is 2. The van der Waals surface area contributed by atoms with Crippen molar-refractivity contribution in [3.05, 3.63) is 35.4 Å². The van der Waals surface area contributed by atoms with Gasteiger partial charge in [-0.25, -0.2) is 4.79 Å². The highest BCUT2D eigenvalue weighted by Crippen LogP contribution is 2.20.